The van der Waals surface area contributed by atoms with Crippen LogP contribution < -0.4 is 16.0 Å². The van der Waals surface area contributed by atoms with Gasteiger partial charge in [0.15, 0.2) is 11.5 Å². The van der Waals surface area contributed by atoms with Gasteiger partial charge in [0.1, 0.15) is 12.5 Å². The molecule has 2 heterocycles. The first-order chi connectivity index (χ1) is 15.8. The monoisotopic (exact) mass is 494 g/mol. The van der Waals surface area contributed by atoms with Crippen molar-refractivity contribution in [2.45, 2.75) is 38.8 Å². The molecule has 7 nitrogen and oxygen atoms in total. The van der Waals surface area contributed by atoms with Crippen molar-refractivity contribution >= 4 is 35.1 Å². The number of rotatable bonds is 7. The summed E-state index contributed by atoms with van der Waals surface area (Å²) in [5.74, 6) is 1.98. The molecular formula is C24H32Cl2N4O3. The number of hydrogen-bond acceptors (Lipinski definition) is 7. The van der Waals surface area contributed by atoms with E-state index in [-0.39, 0.29) is 11.6 Å². The predicted octanol–water partition coefficient (Wildman–Crippen LogP) is 4.86. The smallest absolute Gasteiger partial charge is 0.162 e. The first-order valence-electron chi connectivity index (χ1n) is 10.9. The molecular weight excluding hydrogens is 463 g/mol. The molecule has 1 fully saturated rings. The highest BCUT2D eigenvalue weighted by Gasteiger charge is 2.26. The number of methoxy groups -OCH3 is 1. The minimum Gasteiger partial charge on any atom is -0.493 e. The summed E-state index contributed by atoms with van der Waals surface area (Å²) in [5, 5.41) is 11.1. The van der Waals surface area contributed by atoms with Crippen LogP contribution in [-0.2, 0) is 14.2 Å². The highest BCUT2D eigenvalue weighted by atomic mass is 35.5. The summed E-state index contributed by atoms with van der Waals surface area (Å²) in [6.07, 6.45) is 6.32. The second-order valence-electron chi connectivity index (χ2n) is 8.56. The molecule has 0 amide bonds. The molecule has 1 atom stereocenters. The quantitative estimate of drug-likeness (QED) is 0.502. The van der Waals surface area contributed by atoms with E-state index >= 15 is 0 Å². The summed E-state index contributed by atoms with van der Waals surface area (Å²) in [7, 11) is 1.62. The molecule has 2 aliphatic rings. The van der Waals surface area contributed by atoms with Gasteiger partial charge in [0, 0.05) is 36.5 Å². The van der Waals surface area contributed by atoms with Crippen LogP contribution in [0, 0.1) is 0 Å². The molecule has 0 bridgehead atoms. The van der Waals surface area contributed by atoms with Crippen molar-refractivity contribution < 1.29 is 14.2 Å². The fourth-order valence-electron chi connectivity index (χ4n) is 3.31. The molecule has 180 valence electrons. The van der Waals surface area contributed by atoms with Gasteiger partial charge in [-0.2, -0.15) is 0 Å². The molecule has 9 heteroatoms. The van der Waals surface area contributed by atoms with Gasteiger partial charge in [-0.05, 0) is 50.6 Å². The average Bonchev–Trinajstić information content (AvgIpc) is 2.78. The Morgan fingerprint density at radius 2 is 2.06 bits per heavy atom. The van der Waals surface area contributed by atoms with Gasteiger partial charge in [-0.25, -0.2) is 0 Å². The molecule has 0 spiro atoms. The van der Waals surface area contributed by atoms with Crippen molar-refractivity contribution in [3.8, 4) is 0 Å². The van der Waals surface area contributed by atoms with E-state index in [0.29, 0.717) is 41.4 Å². The van der Waals surface area contributed by atoms with Crippen LogP contribution in [-0.4, -0.2) is 51.4 Å². The highest BCUT2D eigenvalue weighted by Crippen LogP contribution is 2.26. The number of halogens is 2. The van der Waals surface area contributed by atoms with Gasteiger partial charge in [-0.15, -0.1) is 0 Å². The minimum atomic E-state index is 0.0135. The van der Waals surface area contributed by atoms with Crippen LogP contribution >= 0.6 is 23.2 Å². The zero-order chi connectivity index (χ0) is 23.8. The number of benzene rings is 1. The SMILES string of the molecule is CO/C1=C/C(C)=C(\Nc2ccc(Cl)c(Cl)c2)NC/N=C/C=C1OCCC1CNC(C)(C)CO1. The van der Waals surface area contributed by atoms with Gasteiger partial charge in [0.05, 0.1) is 36.5 Å². The number of hydrogen-bond donors (Lipinski definition) is 3. The van der Waals surface area contributed by atoms with Gasteiger partial charge >= 0.3 is 0 Å². The molecule has 0 aromatic heterocycles. The van der Waals surface area contributed by atoms with Crippen LogP contribution in [0.5, 0.6) is 0 Å². The predicted molar refractivity (Wildman–Crippen MR) is 135 cm³/mol. The lowest BCUT2D eigenvalue weighted by molar-refractivity contribution is -0.0334. The van der Waals surface area contributed by atoms with Gasteiger partial charge in [-0.1, -0.05) is 23.2 Å². The first-order valence-corrected chi connectivity index (χ1v) is 11.7. The molecule has 0 aliphatic carbocycles. The summed E-state index contributed by atoms with van der Waals surface area (Å²) < 4.78 is 17.7. The largest absolute Gasteiger partial charge is 0.493 e. The average molecular weight is 495 g/mol. The molecule has 1 aromatic rings. The minimum absolute atomic E-state index is 0.0135. The Hall–Kier alpha value is -2.19. The summed E-state index contributed by atoms with van der Waals surface area (Å²) in [4.78, 5) is 4.39. The maximum Gasteiger partial charge on any atom is 0.162 e. The van der Waals surface area contributed by atoms with Gasteiger partial charge in [0.2, 0.25) is 0 Å². The molecule has 1 unspecified atom stereocenters. The zero-order valence-electron chi connectivity index (χ0n) is 19.5. The number of morpholine rings is 1. The Morgan fingerprint density at radius 1 is 1.24 bits per heavy atom. The number of ether oxygens (including phenoxy) is 3. The van der Waals surface area contributed by atoms with Crippen molar-refractivity contribution in [2.24, 2.45) is 4.99 Å². The van der Waals surface area contributed by atoms with Crippen LogP contribution in [0.4, 0.5) is 5.69 Å². The highest BCUT2D eigenvalue weighted by molar-refractivity contribution is 6.42. The fraction of sp³-hybridized carbons (Fsp3) is 0.458. The molecule has 1 saturated heterocycles. The molecule has 0 radical (unpaired) electrons. The number of allylic oxidation sites excluding steroid dienone is 3. The second-order valence-corrected chi connectivity index (χ2v) is 9.37. The maximum absolute atomic E-state index is 6.16. The van der Waals surface area contributed by atoms with Crippen molar-refractivity contribution in [3.63, 3.8) is 0 Å². The summed E-state index contributed by atoms with van der Waals surface area (Å²) in [6, 6.07) is 5.38. The number of anilines is 1. The Bertz CT molecular complexity index is 947. The van der Waals surface area contributed by atoms with Crippen LogP contribution in [0.3, 0.4) is 0 Å². The third kappa shape index (κ3) is 7.67. The van der Waals surface area contributed by atoms with E-state index in [1.54, 1.807) is 25.5 Å². The topological polar surface area (TPSA) is 76.1 Å². The fourth-order valence-corrected chi connectivity index (χ4v) is 3.61. The van der Waals surface area contributed by atoms with Crippen LogP contribution in [0.1, 0.15) is 27.2 Å². The standard InChI is InChI=1S/C24H32Cl2N4O3/c1-16-11-22(31-4)21(32-10-8-18-13-29-24(2,3)14-33-18)7-9-27-15-28-23(16)30-17-5-6-19(25)20(26)12-17/h5-7,9,11-12,18,28-30H,8,10,13-15H2,1-4H3/b21-7?,22-11+,23-16-,27-9+. The van der Waals surface area contributed by atoms with Crippen LogP contribution in [0.25, 0.3) is 0 Å². The van der Waals surface area contributed by atoms with Crippen molar-refractivity contribution in [1.29, 1.82) is 0 Å². The normalized spacial score (nSPS) is 25.7. The Kier molecular flexibility index (Phi) is 9.09. The lowest BCUT2D eigenvalue weighted by Gasteiger charge is -2.36. The van der Waals surface area contributed by atoms with E-state index in [1.807, 2.05) is 25.1 Å². The van der Waals surface area contributed by atoms with E-state index < -0.39 is 0 Å². The number of nitrogens with one attached hydrogen (secondary N) is 3. The van der Waals surface area contributed by atoms with E-state index in [4.69, 9.17) is 37.4 Å². The van der Waals surface area contributed by atoms with Gasteiger partial charge in [-0.3, -0.25) is 4.99 Å². The van der Waals surface area contributed by atoms with Crippen LogP contribution in [0.2, 0.25) is 10.0 Å². The first kappa shape index (κ1) is 25.4. The molecule has 3 rings (SSSR count). The van der Waals surface area contributed by atoms with Gasteiger partial charge < -0.3 is 30.2 Å². The Labute approximate surface area is 205 Å². The molecule has 3 N–H and O–H groups in total. The van der Waals surface area contributed by atoms with E-state index in [9.17, 15) is 0 Å². The summed E-state index contributed by atoms with van der Waals surface area (Å²) >= 11 is 12.2. The van der Waals surface area contributed by atoms with Crippen molar-refractivity contribution in [1.82, 2.24) is 10.6 Å². The zero-order valence-corrected chi connectivity index (χ0v) is 21.0. The molecule has 33 heavy (non-hydrogen) atoms. The van der Waals surface area contributed by atoms with E-state index in [0.717, 1.165) is 30.0 Å². The lowest BCUT2D eigenvalue weighted by atomic mass is 10.0. The van der Waals surface area contributed by atoms with Crippen LogP contribution in [0.15, 0.2) is 58.3 Å². The number of aliphatic imine (C=N–C) groups is 1. The molecule has 0 saturated carbocycles. The molecule has 2 aliphatic heterocycles. The van der Waals surface area contributed by atoms with Crippen molar-refractivity contribution in [2.75, 3.05) is 38.9 Å². The van der Waals surface area contributed by atoms with Crippen molar-refractivity contribution in [3.05, 3.63) is 63.3 Å². The second kappa shape index (κ2) is 11.8. The summed E-state index contributed by atoms with van der Waals surface area (Å²) in [5.41, 5.74) is 1.72. The Morgan fingerprint density at radius 3 is 2.76 bits per heavy atom. The number of nitrogens with zero attached hydrogens (tertiary/aromatic N) is 1. The maximum atomic E-state index is 6.16. The lowest BCUT2D eigenvalue weighted by Crippen LogP contribution is -2.53. The third-order valence-corrected chi connectivity index (χ3v) is 6.00. The summed E-state index contributed by atoms with van der Waals surface area (Å²) in [6.45, 7) is 8.62. The van der Waals surface area contributed by atoms with E-state index in [2.05, 4.69) is 34.8 Å². The van der Waals surface area contributed by atoms with Gasteiger partial charge in [0.25, 0.3) is 0 Å². The Balaban J connectivity index is 1.70. The third-order valence-electron chi connectivity index (χ3n) is 5.26. The van der Waals surface area contributed by atoms with E-state index in [1.165, 1.54) is 0 Å². The molecule has 1 aromatic carbocycles.